The van der Waals surface area contributed by atoms with E-state index in [4.69, 9.17) is 0 Å². The number of amides is 1. The first-order valence-corrected chi connectivity index (χ1v) is 8.28. The molecule has 0 fully saturated rings. The van der Waals surface area contributed by atoms with E-state index in [1.807, 2.05) is 64.3 Å². The average Bonchev–Trinajstić information content (AvgIpc) is 3.10. The molecule has 1 aliphatic heterocycles. The lowest BCUT2D eigenvalue weighted by molar-refractivity contribution is -0.118. The van der Waals surface area contributed by atoms with Gasteiger partial charge in [-0.3, -0.25) is 4.79 Å². The van der Waals surface area contributed by atoms with Gasteiger partial charge in [0.15, 0.2) is 0 Å². The number of hydrogen-bond acceptors (Lipinski definition) is 2. The molecule has 1 aromatic heterocycles. The van der Waals surface area contributed by atoms with Crippen molar-refractivity contribution in [2.75, 3.05) is 11.4 Å². The molecule has 3 aromatic rings. The molecule has 2 heterocycles. The third kappa shape index (κ3) is 2.83. The third-order valence-corrected chi connectivity index (χ3v) is 4.42. The van der Waals surface area contributed by atoms with Gasteiger partial charge in [0, 0.05) is 18.4 Å². The van der Waals surface area contributed by atoms with Crippen molar-refractivity contribution in [3.63, 3.8) is 0 Å². The number of aryl methyl sites for hydroxylation is 1. The van der Waals surface area contributed by atoms with E-state index < -0.39 is 0 Å². The Hall–Kier alpha value is -2.88. The predicted molar refractivity (Wildman–Crippen MR) is 94.4 cm³/mol. The topological polar surface area (TPSA) is 38.1 Å². The summed E-state index contributed by atoms with van der Waals surface area (Å²) in [7, 11) is 0. The summed E-state index contributed by atoms with van der Waals surface area (Å²) in [6.45, 7) is 0.794. The van der Waals surface area contributed by atoms with Crippen LogP contribution in [0.4, 0.5) is 5.69 Å². The van der Waals surface area contributed by atoms with E-state index >= 15 is 0 Å². The van der Waals surface area contributed by atoms with E-state index in [1.54, 1.807) is 6.20 Å². The van der Waals surface area contributed by atoms with Crippen LogP contribution >= 0.6 is 0 Å². The number of carbonyl (C=O) groups excluding carboxylic acids is 1. The molecule has 0 radical (unpaired) electrons. The van der Waals surface area contributed by atoms with E-state index in [0.29, 0.717) is 6.42 Å². The molecule has 0 atom stereocenters. The van der Waals surface area contributed by atoms with Gasteiger partial charge in [-0.15, -0.1) is 0 Å². The molecule has 0 unspecified atom stereocenters. The van der Waals surface area contributed by atoms with Gasteiger partial charge in [-0.05, 0) is 42.2 Å². The number of para-hydroxylation sites is 2. The highest BCUT2D eigenvalue weighted by molar-refractivity contribution is 5.95. The zero-order valence-electron chi connectivity index (χ0n) is 13.4. The highest BCUT2D eigenvalue weighted by Gasteiger charge is 2.22. The van der Waals surface area contributed by atoms with Crippen molar-refractivity contribution in [2.45, 2.75) is 19.3 Å². The van der Waals surface area contributed by atoms with Crippen molar-refractivity contribution in [1.29, 1.82) is 0 Å². The van der Waals surface area contributed by atoms with Gasteiger partial charge in [0.1, 0.15) is 0 Å². The van der Waals surface area contributed by atoms with Crippen LogP contribution < -0.4 is 4.90 Å². The number of anilines is 1. The minimum absolute atomic E-state index is 0.134. The zero-order chi connectivity index (χ0) is 16.4. The summed E-state index contributed by atoms with van der Waals surface area (Å²) in [4.78, 5) is 14.7. The average molecular weight is 317 g/mol. The molecule has 0 spiro atoms. The van der Waals surface area contributed by atoms with Gasteiger partial charge in [0.05, 0.1) is 18.3 Å². The first-order valence-electron chi connectivity index (χ1n) is 8.28. The van der Waals surface area contributed by atoms with Crippen LogP contribution in [0, 0.1) is 0 Å². The number of carbonyl (C=O) groups is 1. The Bertz CT molecular complexity index is 854. The summed E-state index contributed by atoms with van der Waals surface area (Å²) in [5.74, 6) is 0.134. The molecule has 0 aliphatic carbocycles. The first-order chi connectivity index (χ1) is 11.8. The molecule has 0 bridgehead atoms. The van der Waals surface area contributed by atoms with Crippen LogP contribution in [0.25, 0.3) is 5.69 Å². The monoisotopic (exact) mass is 317 g/mol. The van der Waals surface area contributed by atoms with Crippen LogP contribution in [0.15, 0.2) is 67.0 Å². The second-order valence-electron chi connectivity index (χ2n) is 6.08. The summed E-state index contributed by atoms with van der Waals surface area (Å²) in [6.07, 6.45) is 6.16. The lowest BCUT2D eigenvalue weighted by Crippen LogP contribution is -2.36. The molecule has 1 aliphatic rings. The molecule has 0 saturated carbocycles. The highest BCUT2D eigenvalue weighted by Crippen LogP contribution is 2.27. The zero-order valence-corrected chi connectivity index (χ0v) is 13.4. The van der Waals surface area contributed by atoms with Crippen LogP contribution in [-0.2, 0) is 17.6 Å². The van der Waals surface area contributed by atoms with Crippen LogP contribution in [0.1, 0.15) is 17.5 Å². The Morgan fingerprint density at radius 1 is 1.04 bits per heavy atom. The fourth-order valence-electron chi connectivity index (χ4n) is 3.24. The molecule has 24 heavy (non-hydrogen) atoms. The Balaban J connectivity index is 1.53. The number of aromatic nitrogens is 2. The van der Waals surface area contributed by atoms with Crippen molar-refractivity contribution in [1.82, 2.24) is 9.78 Å². The smallest absolute Gasteiger partial charge is 0.231 e. The van der Waals surface area contributed by atoms with Crippen molar-refractivity contribution in [3.05, 3.63) is 78.1 Å². The van der Waals surface area contributed by atoms with Gasteiger partial charge in [0.2, 0.25) is 5.91 Å². The summed E-state index contributed by atoms with van der Waals surface area (Å²) in [5.41, 5.74) is 4.26. The van der Waals surface area contributed by atoms with Gasteiger partial charge in [0.25, 0.3) is 0 Å². The number of nitrogens with zero attached hydrogens (tertiary/aromatic N) is 3. The molecule has 0 saturated heterocycles. The summed E-state index contributed by atoms with van der Waals surface area (Å²) in [6, 6.07) is 18.1. The minimum Gasteiger partial charge on any atom is -0.312 e. The summed E-state index contributed by atoms with van der Waals surface area (Å²) >= 11 is 0. The van der Waals surface area contributed by atoms with Crippen molar-refractivity contribution in [3.8, 4) is 5.69 Å². The number of rotatable bonds is 3. The van der Waals surface area contributed by atoms with Crippen LogP contribution in [-0.4, -0.2) is 22.2 Å². The first kappa shape index (κ1) is 14.7. The second kappa shape index (κ2) is 6.32. The molecule has 4 rings (SSSR count). The number of fused-ring (bicyclic) bond motifs is 1. The fourth-order valence-corrected chi connectivity index (χ4v) is 3.24. The summed E-state index contributed by atoms with van der Waals surface area (Å²) in [5, 5.41) is 4.37. The SMILES string of the molecule is O=C(Cc1cnn(-c2ccccc2)c1)N1CCCc2ccccc21. The number of hydrogen-bond donors (Lipinski definition) is 0. The quantitative estimate of drug-likeness (QED) is 0.742. The van der Waals surface area contributed by atoms with Crippen molar-refractivity contribution in [2.24, 2.45) is 0 Å². The Morgan fingerprint density at radius 3 is 2.71 bits per heavy atom. The van der Waals surface area contributed by atoms with E-state index in [2.05, 4.69) is 11.2 Å². The van der Waals surface area contributed by atoms with Gasteiger partial charge in [-0.2, -0.15) is 5.10 Å². The van der Waals surface area contributed by atoms with Gasteiger partial charge in [-0.1, -0.05) is 36.4 Å². The lowest BCUT2D eigenvalue weighted by Gasteiger charge is -2.29. The summed E-state index contributed by atoms with van der Waals surface area (Å²) < 4.78 is 1.81. The van der Waals surface area contributed by atoms with Crippen molar-refractivity contribution >= 4 is 11.6 Å². The Kier molecular flexibility index (Phi) is 3.87. The van der Waals surface area contributed by atoms with E-state index in [1.165, 1.54) is 5.56 Å². The molecule has 0 N–H and O–H groups in total. The maximum atomic E-state index is 12.8. The minimum atomic E-state index is 0.134. The Labute approximate surface area is 141 Å². The van der Waals surface area contributed by atoms with Gasteiger partial charge < -0.3 is 4.90 Å². The third-order valence-electron chi connectivity index (χ3n) is 4.42. The molecule has 1 amide bonds. The molecule has 2 aromatic carbocycles. The predicted octanol–water partition coefficient (Wildman–Crippen LogP) is 3.39. The standard InChI is InChI=1S/C20H19N3O/c24-20(22-12-6-8-17-7-4-5-11-19(17)22)13-16-14-21-23(15-16)18-9-2-1-3-10-18/h1-5,7,9-11,14-15H,6,8,12-13H2. The molecule has 4 heteroatoms. The van der Waals surface area contributed by atoms with Crippen molar-refractivity contribution < 1.29 is 4.79 Å². The molecular formula is C20H19N3O. The molecule has 120 valence electrons. The maximum absolute atomic E-state index is 12.8. The van der Waals surface area contributed by atoms with Crippen LogP contribution in [0.2, 0.25) is 0 Å². The normalized spacial score (nSPS) is 13.6. The van der Waals surface area contributed by atoms with E-state index in [0.717, 1.165) is 36.3 Å². The molecular weight excluding hydrogens is 298 g/mol. The van der Waals surface area contributed by atoms with Crippen LogP contribution in [0.3, 0.4) is 0 Å². The fraction of sp³-hybridized carbons (Fsp3) is 0.200. The molecule has 4 nitrogen and oxygen atoms in total. The lowest BCUT2D eigenvalue weighted by atomic mass is 10.0. The van der Waals surface area contributed by atoms with E-state index in [9.17, 15) is 4.79 Å². The largest absolute Gasteiger partial charge is 0.312 e. The maximum Gasteiger partial charge on any atom is 0.231 e. The number of benzene rings is 2. The highest BCUT2D eigenvalue weighted by atomic mass is 16.2. The van der Waals surface area contributed by atoms with Gasteiger partial charge >= 0.3 is 0 Å². The van der Waals surface area contributed by atoms with E-state index in [-0.39, 0.29) is 5.91 Å². The Morgan fingerprint density at radius 2 is 1.83 bits per heavy atom. The second-order valence-corrected chi connectivity index (χ2v) is 6.08. The van der Waals surface area contributed by atoms with Gasteiger partial charge in [-0.25, -0.2) is 4.68 Å². The van der Waals surface area contributed by atoms with Crippen LogP contribution in [0.5, 0.6) is 0 Å².